The molecule has 0 saturated heterocycles. The molecule has 1 heterocycles. The largest absolute Gasteiger partial charge is 0.432 e. The first kappa shape index (κ1) is 13.0. The minimum atomic E-state index is 0.589. The molecule has 2 aliphatic rings. The van der Waals surface area contributed by atoms with E-state index in [1.165, 1.54) is 38.5 Å². The van der Waals surface area contributed by atoms with Gasteiger partial charge in [-0.05, 0) is 31.6 Å². The van der Waals surface area contributed by atoms with Gasteiger partial charge >= 0.3 is 0 Å². The lowest BCUT2D eigenvalue weighted by atomic mass is 9.86. The van der Waals surface area contributed by atoms with Gasteiger partial charge in [0.15, 0.2) is 0 Å². The molecular weight excluding hydrogens is 238 g/mol. The van der Waals surface area contributed by atoms with Crippen molar-refractivity contribution in [3.63, 3.8) is 0 Å². The van der Waals surface area contributed by atoms with Crippen LogP contribution in [0.1, 0.15) is 51.1 Å². The van der Waals surface area contributed by atoms with Crippen molar-refractivity contribution in [1.29, 1.82) is 0 Å². The molecule has 1 aromatic heterocycles. The molecule has 0 aliphatic heterocycles. The maximum Gasteiger partial charge on any atom is 0.297 e. The number of nitrogens with one attached hydrogen (secondary N) is 1. The molecule has 2 saturated carbocycles. The van der Waals surface area contributed by atoms with Gasteiger partial charge in [-0.1, -0.05) is 19.8 Å². The van der Waals surface area contributed by atoms with Crippen molar-refractivity contribution in [3.05, 3.63) is 12.0 Å². The molecule has 3 rings (SSSR count). The van der Waals surface area contributed by atoms with E-state index in [2.05, 4.69) is 29.2 Å². The summed E-state index contributed by atoms with van der Waals surface area (Å²) in [6.07, 6.45) is 9.63. The van der Waals surface area contributed by atoms with Gasteiger partial charge in [-0.3, -0.25) is 0 Å². The van der Waals surface area contributed by atoms with Gasteiger partial charge in [-0.15, -0.1) is 0 Å². The van der Waals surface area contributed by atoms with Gasteiger partial charge in [-0.25, -0.2) is 0 Å². The molecule has 106 valence electrons. The quantitative estimate of drug-likeness (QED) is 0.887. The van der Waals surface area contributed by atoms with Crippen LogP contribution in [-0.2, 0) is 6.54 Å². The molecule has 0 bridgehead atoms. The summed E-state index contributed by atoms with van der Waals surface area (Å²) in [4.78, 5) is 6.84. The first-order valence-electron chi connectivity index (χ1n) is 7.63. The number of rotatable bonds is 5. The van der Waals surface area contributed by atoms with Crippen LogP contribution in [0.3, 0.4) is 0 Å². The van der Waals surface area contributed by atoms with Crippen LogP contribution in [-0.4, -0.2) is 24.1 Å². The average molecular weight is 263 g/mol. The molecule has 0 spiro atoms. The Balaban J connectivity index is 1.57. The SMILES string of the molecule is CC1CCCC(N(C)c2nc(CNC3CC3)co2)C1. The van der Waals surface area contributed by atoms with E-state index in [-0.39, 0.29) is 0 Å². The van der Waals surface area contributed by atoms with Crippen molar-refractivity contribution in [2.24, 2.45) is 5.92 Å². The summed E-state index contributed by atoms with van der Waals surface area (Å²) >= 11 is 0. The van der Waals surface area contributed by atoms with Crippen LogP contribution in [0.2, 0.25) is 0 Å². The highest BCUT2D eigenvalue weighted by molar-refractivity contribution is 5.27. The fourth-order valence-corrected chi connectivity index (χ4v) is 2.99. The molecule has 2 unspecified atom stereocenters. The minimum absolute atomic E-state index is 0.589. The summed E-state index contributed by atoms with van der Waals surface area (Å²) < 4.78 is 5.64. The average Bonchev–Trinajstić information content (AvgIpc) is 3.13. The van der Waals surface area contributed by atoms with Crippen molar-refractivity contribution in [3.8, 4) is 0 Å². The van der Waals surface area contributed by atoms with Crippen LogP contribution >= 0.6 is 0 Å². The number of anilines is 1. The predicted octanol–water partition coefficient (Wildman–Crippen LogP) is 2.94. The third-order valence-corrected chi connectivity index (χ3v) is 4.45. The number of oxazole rings is 1. The zero-order valence-corrected chi connectivity index (χ0v) is 12.1. The Kier molecular flexibility index (Phi) is 3.78. The molecule has 0 aromatic carbocycles. The number of hydrogen-bond donors (Lipinski definition) is 1. The molecule has 19 heavy (non-hydrogen) atoms. The molecule has 2 aliphatic carbocycles. The Morgan fingerprint density at radius 2 is 2.21 bits per heavy atom. The Bertz CT molecular complexity index is 413. The summed E-state index contributed by atoms with van der Waals surface area (Å²) in [6, 6.07) is 2.09. The monoisotopic (exact) mass is 263 g/mol. The van der Waals surface area contributed by atoms with E-state index in [0.717, 1.165) is 30.2 Å². The molecule has 1 N–H and O–H groups in total. The molecule has 0 radical (unpaired) electrons. The van der Waals surface area contributed by atoms with Gasteiger partial charge in [0.25, 0.3) is 6.01 Å². The van der Waals surface area contributed by atoms with E-state index in [0.29, 0.717) is 6.04 Å². The predicted molar refractivity (Wildman–Crippen MR) is 76.2 cm³/mol. The molecule has 2 fully saturated rings. The Hall–Kier alpha value is -1.03. The fraction of sp³-hybridized carbons (Fsp3) is 0.800. The van der Waals surface area contributed by atoms with E-state index < -0.39 is 0 Å². The van der Waals surface area contributed by atoms with Crippen molar-refractivity contribution < 1.29 is 4.42 Å². The van der Waals surface area contributed by atoms with Gasteiger partial charge in [0.05, 0.1) is 5.69 Å². The molecule has 1 aromatic rings. The molecule has 4 heteroatoms. The lowest BCUT2D eigenvalue weighted by molar-refractivity contribution is 0.327. The van der Waals surface area contributed by atoms with Crippen molar-refractivity contribution in [1.82, 2.24) is 10.3 Å². The van der Waals surface area contributed by atoms with Crippen LogP contribution in [0.4, 0.5) is 6.01 Å². The first-order chi connectivity index (χ1) is 9.22. The van der Waals surface area contributed by atoms with Crippen molar-refractivity contribution >= 4 is 6.01 Å². The normalized spacial score (nSPS) is 27.5. The van der Waals surface area contributed by atoms with Gasteiger partial charge < -0.3 is 14.6 Å². The van der Waals surface area contributed by atoms with Gasteiger partial charge in [0.1, 0.15) is 6.26 Å². The molecule has 2 atom stereocenters. The number of aromatic nitrogens is 1. The highest BCUT2D eigenvalue weighted by Gasteiger charge is 2.25. The highest BCUT2D eigenvalue weighted by atomic mass is 16.4. The Morgan fingerprint density at radius 1 is 1.37 bits per heavy atom. The zero-order valence-electron chi connectivity index (χ0n) is 12.1. The maximum absolute atomic E-state index is 5.64. The second kappa shape index (κ2) is 5.53. The van der Waals surface area contributed by atoms with Crippen LogP contribution in [0.5, 0.6) is 0 Å². The first-order valence-corrected chi connectivity index (χ1v) is 7.63. The Labute approximate surface area is 115 Å². The standard InChI is InChI=1S/C15H25N3O/c1-11-4-3-5-14(8-11)18(2)15-17-13(10-19-15)9-16-12-6-7-12/h10-12,14,16H,3-9H2,1-2H3. The molecular formula is C15H25N3O. The van der Waals surface area contributed by atoms with Crippen LogP contribution in [0.15, 0.2) is 10.7 Å². The second-order valence-electron chi connectivity index (χ2n) is 6.31. The Morgan fingerprint density at radius 3 is 2.95 bits per heavy atom. The third kappa shape index (κ3) is 3.30. The van der Waals surface area contributed by atoms with Crippen LogP contribution < -0.4 is 10.2 Å². The summed E-state index contributed by atoms with van der Waals surface area (Å²) in [5, 5.41) is 3.47. The van der Waals surface area contributed by atoms with E-state index in [9.17, 15) is 0 Å². The van der Waals surface area contributed by atoms with Crippen LogP contribution in [0.25, 0.3) is 0 Å². The smallest absolute Gasteiger partial charge is 0.297 e. The van der Waals surface area contributed by atoms with E-state index in [4.69, 9.17) is 4.42 Å². The second-order valence-corrected chi connectivity index (χ2v) is 6.31. The third-order valence-electron chi connectivity index (χ3n) is 4.45. The lowest BCUT2D eigenvalue weighted by Gasteiger charge is -2.33. The summed E-state index contributed by atoms with van der Waals surface area (Å²) in [5.74, 6) is 0.826. The van der Waals surface area contributed by atoms with Gasteiger partial charge in [0.2, 0.25) is 0 Å². The number of nitrogens with zero attached hydrogens (tertiary/aromatic N) is 2. The lowest BCUT2D eigenvalue weighted by Crippen LogP contribution is -2.35. The minimum Gasteiger partial charge on any atom is -0.432 e. The van der Waals surface area contributed by atoms with E-state index >= 15 is 0 Å². The topological polar surface area (TPSA) is 41.3 Å². The van der Waals surface area contributed by atoms with E-state index in [1.807, 2.05) is 0 Å². The van der Waals surface area contributed by atoms with Gasteiger partial charge in [0, 0.05) is 25.7 Å². The summed E-state index contributed by atoms with van der Waals surface area (Å²) in [6.45, 7) is 3.18. The highest BCUT2D eigenvalue weighted by Crippen LogP contribution is 2.29. The molecule has 0 amide bonds. The van der Waals surface area contributed by atoms with Gasteiger partial charge in [-0.2, -0.15) is 4.98 Å². The molecule has 4 nitrogen and oxygen atoms in total. The fourth-order valence-electron chi connectivity index (χ4n) is 2.99. The van der Waals surface area contributed by atoms with Crippen LogP contribution in [0, 0.1) is 5.92 Å². The van der Waals surface area contributed by atoms with Crippen molar-refractivity contribution in [2.45, 2.75) is 64.1 Å². The summed E-state index contributed by atoms with van der Waals surface area (Å²) in [5.41, 5.74) is 1.03. The van der Waals surface area contributed by atoms with E-state index in [1.54, 1.807) is 6.26 Å². The summed E-state index contributed by atoms with van der Waals surface area (Å²) in [7, 11) is 2.12. The maximum atomic E-state index is 5.64. The zero-order chi connectivity index (χ0) is 13.2. The van der Waals surface area contributed by atoms with Crippen molar-refractivity contribution in [2.75, 3.05) is 11.9 Å². The number of hydrogen-bond acceptors (Lipinski definition) is 4.